The van der Waals surface area contributed by atoms with Crippen molar-refractivity contribution in [3.63, 3.8) is 0 Å². The van der Waals surface area contributed by atoms with Crippen molar-refractivity contribution in [2.24, 2.45) is 11.7 Å². The predicted octanol–water partition coefficient (Wildman–Crippen LogP) is 2.06. The summed E-state index contributed by atoms with van der Waals surface area (Å²) in [6, 6.07) is 1.90. The molecule has 1 aromatic heterocycles. The Morgan fingerprint density at radius 1 is 1.71 bits per heavy atom. The van der Waals surface area contributed by atoms with Gasteiger partial charge in [0.25, 0.3) is 0 Å². The molecule has 0 aliphatic rings. The van der Waals surface area contributed by atoms with E-state index in [2.05, 4.69) is 12.2 Å². The zero-order valence-corrected chi connectivity index (χ0v) is 9.14. The third kappa shape index (κ3) is 3.89. The molecular weight excluding hydrogens is 196 g/mol. The van der Waals surface area contributed by atoms with Gasteiger partial charge in [-0.2, -0.15) is 11.3 Å². The Hall–Kier alpha value is -0.870. The quantitative estimate of drug-likeness (QED) is 0.785. The fourth-order valence-corrected chi connectivity index (χ4v) is 1.64. The van der Waals surface area contributed by atoms with Gasteiger partial charge in [-0.1, -0.05) is 6.92 Å². The Balaban J connectivity index is 2.23. The summed E-state index contributed by atoms with van der Waals surface area (Å²) in [5.74, 6) is 0.493. The van der Waals surface area contributed by atoms with Crippen molar-refractivity contribution < 1.29 is 4.79 Å². The molecule has 0 radical (unpaired) electrons. The van der Waals surface area contributed by atoms with Crippen molar-refractivity contribution in [1.29, 1.82) is 0 Å². The molecule has 0 saturated carbocycles. The van der Waals surface area contributed by atoms with Crippen LogP contribution in [0.1, 0.15) is 19.8 Å². The van der Waals surface area contributed by atoms with Crippen molar-refractivity contribution in [3.8, 4) is 0 Å². The molecule has 4 heteroatoms. The monoisotopic (exact) mass is 212 g/mol. The summed E-state index contributed by atoms with van der Waals surface area (Å²) >= 11 is 1.58. The van der Waals surface area contributed by atoms with Crippen LogP contribution in [-0.2, 0) is 4.79 Å². The molecule has 1 atom stereocenters. The van der Waals surface area contributed by atoms with Gasteiger partial charge < -0.3 is 11.1 Å². The van der Waals surface area contributed by atoms with Gasteiger partial charge >= 0.3 is 0 Å². The van der Waals surface area contributed by atoms with Crippen LogP contribution in [0.4, 0.5) is 5.69 Å². The van der Waals surface area contributed by atoms with Gasteiger partial charge in [0.15, 0.2) is 0 Å². The van der Waals surface area contributed by atoms with Crippen LogP contribution in [0.25, 0.3) is 0 Å². The fourth-order valence-electron chi connectivity index (χ4n) is 1.05. The van der Waals surface area contributed by atoms with Gasteiger partial charge in [-0.05, 0) is 30.3 Å². The van der Waals surface area contributed by atoms with Crippen LogP contribution in [0, 0.1) is 5.92 Å². The Bertz CT molecular complexity index is 272. The second-order valence-corrected chi connectivity index (χ2v) is 4.22. The van der Waals surface area contributed by atoms with Crippen molar-refractivity contribution in [1.82, 2.24) is 0 Å². The number of carbonyl (C=O) groups excluding carboxylic acids is 1. The summed E-state index contributed by atoms with van der Waals surface area (Å²) in [5.41, 5.74) is 6.35. The van der Waals surface area contributed by atoms with Gasteiger partial charge in [-0.3, -0.25) is 4.79 Å². The molecule has 0 bridgehead atoms. The number of amides is 1. The zero-order chi connectivity index (χ0) is 10.4. The summed E-state index contributed by atoms with van der Waals surface area (Å²) in [6.07, 6.45) is 1.40. The molecule has 3 N–H and O–H groups in total. The molecule has 0 spiro atoms. The molecule has 78 valence electrons. The lowest BCUT2D eigenvalue weighted by Gasteiger charge is -2.07. The smallest absolute Gasteiger partial charge is 0.224 e. The second-order valence-electron chi connectivity index (χ2n) is 3.44. The van der Waals surface area contributed by atoms with Crippen molar-refractivity contribution in [2.45, 2.75) is 19.8 Å². The van der Waals surface area contributed by atoms with Gasteiger partial charge in [0.05, 0.1) is 5.69 Å². The van der Waals surface area contributed by atoms with Gasteiger partial charge in [-0.25, -0.2) is 0 Å². The number of thiophene rings is 1. The molecule has 1 heterocycles. The number of anilines is 1. The van der Waals surface area contributed by atoms with E-state index in [-0.39, 0.29) is 5.91 Å². The maximum atomic E-state index is 11.4. The molecule has 1 rings (SSSR count). The summed E-state index contributed by atoms with van der Waals surface area (Å²) < 4.78 is 0. The first-order valence-electron chi connectivity index (χ1n) is 4.74. The number of nitrogens with two attached hydrogens (primary N) is 1. The van der Waals surface area contributed by atoms with Crippen molar-refractivity contribution in [2.75, 3.05) is 11.9 Å². The zero-order valence-electron chi connectivity index (χ0n) is 8.32. The topological polar surface area (TPSA) is 55.1 Å². The minimum Gasteiger partial charge on any atom is -0.330 e. The minimum atomic E-state index is 0.0729. The molecule has 1 aromatic rings. The van der Waals surface area contributed by atoms with Gasteiger partial charge in [-0.15, -0.1) is 0 Å². The Morgan fingerprint density at radius 3 is 3.07 bits per heavy atom. The van der Waals surface area contributed by atoms with E-state index in [1.807, 2.05) is 16.8 Å². The molecule has 14 heavy (non-hydrogen) atoms. The second kappa shape index (κ2) is 5.78. The molecule has 3 nitrogen and oxygen atoms in total. The Labute approximate surface area is 88.3 Å². The molecule has 0 aromatic carbocycles. The molecule has 0 saturated heterocycles. The lowest BCUT2D eigenvalue weighted by atomic mass is 10.1. The average Bonchev–Trinajstić information content (AvgIpc) is 2.66. The normalized spacial score (nSPS) is 12.4. The maximum Gasteiger partial charge on any atom is 0.224 e. The van der Waals surface area contributed by atoms with Crippen LogP contribution in [0.2, 0.25) is 0 Å². The van der Waals surface area contributed by atoms with Gasteiger partial charge in [0.2, 0.25) is 5.91 Å². The van der Waals surface area contributed by atoms with Crippen molar-refractivity contribution >= 4 is 22.9 Å². The largest absolute Gasteiger partial charge is 0.330 e. The first kappa shape index (κ1) is 11.2. The van der Waals surface area contributed by atoms with E-state index in [4.69, 9.17) is 5.73 Å². The van der Waals surface area contributed by atoms with Crippen LogP contribution in [0.3, 0.4) is 0 Å². The molecule has 0 aliphatic heterocycles. The van der Waals surface area contributed by atoms with Crippen LogP contribution in [-0.4, -0.2) is 12.5 Å². The first-order chi connectivity index (χ1) is 6.72. The Morgan fingerprint density at radius 2 is 2.50 bits per heavy atom. The summed E-state index contributed by atoms with van der Waals surface area (Å²) in [5, 5.41) is 6.70. The van der Waals surface area contributed by atoms with Crippen LogP contribution in [0.5, 0.6) is 0 Å². The number of hydrogen-bond acceptors (Lipinski definition) is 3. The molecular formula is C10H16N2OS. The standard InChI is InChI=1S/C10H16N2OS/c1-8(6-11)2-3-10(13)12-9-4-5-14-7-9/h4-5,7-8H,2-3,6,11H2,1H3,(H,12,13). The fraction of sp³-hybridized carbons (Fsp3) is 0.500. The average molecular weight is 212 g/mol. The SMILES string of the molecule is CC(CN)CCC(=O)Nc1ccsc1. The highest BCUT2D eigenvalue weighted by Gasteiger charge is 2.05. The minimum absolute atomic E-state index is 0.0729. The lowest BCUT2D eigenvalue weighted by Crippen LogP contribution is -2.16. The molecule has 1 amide bonds. The number of carbonyl (C=O) groups is 1. The predicted molar refractivity (Wildman–Crippen MR) is 60.4 cm³/mol. The molecule has 0 fully saturated rings. The molecule has 0 aliphatic carbocycles. The summed E-state index contributed by atoms with van der Waals surface area (Å²) in [4.78, 5) is 11.4. The lowest BCUT2D eigenvalue weighted by molar-refractivity contribution is -0.116. The van der Waals surface area contributed by atoms with E-state index < -0.39 is 0 Å². The third-order valence-corrected chi connectivity index (χ3v) is 2.75. The van der Waals surface area contributed by atoms with E-state index in [0.29, 0.717) is 18.9 Å². The number of nitrogens with one attached hydrogen (secondary N) is 1. The van der Waals surface area contributed by atoms with Gasteiger partial charge in [0.1, 0.15) is 0 Å². The van der Waals surface area contributed by atoms with E-state index in [9.17, 15) is 4.79 Å². The Kier molecular flexibility index (Phi) is 4.62. The van der Waals surface area contributed by atoms with Crippen LogP contribution < -0.4 is 11.1 Å². The number of rotatable bonds is 5. The van der Waals surface area contributed by atoms with Crippen molar-refractivity contribution in [3.05, 3.63) is 16.8 Å². The van der Waals surface area contributed by atoms with E-state index >= 15 is 0 Å². The van der Waals surface area contributed by atoms with Gasteiger partial charge in [0, 0.05) is 11.8 Å². The third-order valence-electron chi connectivity index (χ3n) is 2.07. The first-order valence-corrected chi connectivity index (χ1v) is 5.68. The summed E-state index contributed by atoms with van der Waals surface area (Å²) in [7, 11) is 0. The maximum absolute atomic E-state index is 11.4. The molecule has 1 unspecified atom stereocenters. The van der Waals surface area contributed by atoms with E-state index in [1.165, 1.54) is 0 Å². The highest BCUT2D eigenvalue weighted by atomic mass is 32.1. The number of hydrogen-bond donors (Lipinski definition) is 2. The van der Waals surface area contributed by atoms with E-state index in [1.54, 1.807) is 11.3 Å². The highest BCUT2D eigenvalue weighted by Crippen LogP contribution is 2.13. The van der Waals surface area contributed by atoms with E-state index in [0.717, 1.165) is 12.1 Å². The highest BCUT2D eigenvalue weighted by molar-refractivity contribution is 7.08. The van der Waals surface area contributed by atoms with Crippen LogP contribution >= 0.6 is 11.3 Å². The summed E-state index contributed by atoms with van der Waals surface area (Å²) in [6.45, 7) is 2.70. The van der Waals surface area contributed by atoms with Crippen LogP contribution in [0.15, 0.2) is 16.8 Å².